The van der Waals surface area contributed by atoms with Crippen molar-refractivity contribution in [3.05, 3.63) is 101 Å². The SMILES string of the molecule is CCOC(=O)CN(C)C(=O)c1cccc(C(c2cccc(O)c2)N2C[C@@H](C)N(Cc3cccc(F)c3)C[C@@H]2C)c1. The number of halogens is 1. The summed E-state index contributed by atoms with van der Waals surface area (Å²) >= 11 is 0. The van der Waals surface area contributed by atoms with E-state index in [1.807, 2.05) is 36.4 Å². The molecule has 0 aliphatic carbocycles. The molecular weight excluding hydrogens is 509 g/mol. The quantitative estimate of drug-likeness (QED) is 0.386. The van der Waals surface area contributed by atoms with Crippen molar-refractivity contribution in [1.82, 2.24) is 14.7 Å². The summed E-state index contributed by atoms with van der Waals surface area (Å²) in [5.41, 5.74) is 3.25. The molecule has 0 bridgehead atoms. The van der Waals surface area contributed by atoms with E-state index in [9.17, 15) is 19.1 Å². The highest BCUT2D eigenvalue weighted by Gasteiger charge is 2.35. The first-order valence-electron chi connectivity index (χ1n) is 13.7. The second-order valence-corrected chi connectivity index (χ2v) is 10.5. The van der Waals surface area contributed by atoms with Gasteiger partial charge in [0.15, 0.2) is 0 Å². The lowest BCUT2D eigenvalue weighted by molar-refractivity contribution is -0.143. The maximum absolute atomic E-state index is 13.8. The van der Waals surface area contributed by atoms with E-state index in [-0.39, 0.29) is 48.8 Å². The topological polar surface area (TPSA) is 73.3 Å². The molecule has 8 heteroatoms. The van der Waals surface area contributed by atoms with Gasteiger partial charge in [0.05, 0.1) is 12.6 Å². The zero-order chi connectivity index (χ0) is 28.8. The number of amides is 1. The van der Waals surface area contributed by atoms with E-state index in [1.54, 1.807) is 44.3 Å². The number of rotatable bonds is 9. The van der Waals surface area contributed by atoms with E-state index in [0.717, 1.165) is 29.8 Å². The average Bonchev–Trinajstić information content (AvgIpc) is 2.91. The van der Waals surface area contributed by atoms with Crippen LogP contribution in [0.25, 0.3) is 0 Å². The lowest BCUT2D eigenvalue weighted by Gasteiger charge is -2.47. The maximum atomic E-state index is 13.8. The number of piperazine rings is 1. The van der Waals surface area contributed by atoms with Gasteiger partial charge in [-0.25, -0.2) is 4.39 Å². The molecule has 3 atom stereocenters. The van der Waals surface area contributed by atoms with E-state index < -0.39 is 5.97 Å². The van der Waals surface area contributed by atoms with Crippen molar-refractivity contribution in [3.63, 3.8) is 0 Å². The highest BCUT2D eigenvalue weighted by Crippen LogP contribution is 2.35. The highest BCUT2D eigenvalue weighted by atomic mass is 19.1. The Morgan fingerprint density at radius 2 is 1.70 bits per heavy atom. The molecule has 40 heavy (non-hydrogen) atoms. The van der Waals surface area contributed by atoms with Crippen LogP contribution in [0.3, 0.4) is 0 Å². The second-order valence-electron chi connectivity index (χ2n) is 10.5. The van der Waals surface area contributed by atoms with E-state index >= 15 is 0 Å². The predicted octanol–water partition coefficient (Wildman–Crippen LogP) is 4.85. The molecule has 0 aromatic heterocycles. The Morgan fingerprint density at radius 3 is 2.40 bits per heavy atom. The maximum Gasteiger partial charge on any atom is 0.325 e. The smallest absolute Gasteiger partial charge is 0.325 e. The summed E-state index contributed by atoms with van der Waals surface area (Å²) in [4.78, 5) is 31.3. The van der Waals surface area contributed by atoms with Crippen LogP contribution in [0, 0.1) is 5.82 Å². The number of benzene rings is 3. The Labute approximate surface area is 235 Å². The molecule has 1 amide bonds. The molecule has 7 nitrogen and oxygen atoms in total. The highest BCUT2D eigenvalue weighted by molar-refractivity contribution is 5.96. The zero-order valence-corrected chi connectivity index (χ0v) is 23.6. The minimum absolute atomic E-state index is 0.128. The van der Waals surface area contributed by atoms with Crippen molar-refractivity contribution in [2.45, 2.75) is 45.4 Å². The first-order chi connectivity index (χ1) is 19.2. The third-order valence-corrected chi connectivity index (χ3v) is 7.42. The molecule has 1 N–H and O–H groups in total. The Hall–Kier alpha value is -3.75. The number of likely N-dealkylation sites (N-methyl/N-ethyl adjacent to an activating group) is 1. The van der Waals surface area contributed by atoms with Gasteiger partial charge in [-0.3, -0.25) is 19.4 Å². The number of nitrogens with zero attached hydrogens (tertiary/aromatic N) is 3. The minimum atomic E-state index is -0.453. The molecule has 1 unspecified atom stereocenters. The lowest BCUT2D eigenvalue weighted by Crippen LogP contribution is -2.56. The van der Waals surface area contributed by atoms with Gasteiger partial charge in [0, 0.05) is 44.3 Å². The fourth-order valence-corrected chi connectivity index (χ4v) is 5.48. The zero-order valence-electron chi connectivity index (χ0n) is 23.6. The Balaban J connectivity index is 1.62. The van der Waals surface area contributed by atoms with Gasteiger partial charge in [0.25, 0.3) is 5.91 Å². The monoisotopic (exact) mass is 547 g/mol. The Kier molecular flexibility index (Phi) is 9.55. The van der Waals surface area contributed by atoms with E-state index in [2.05, 4.69) is 23.6 Å². The van der Waals surface area contributed by atoms with Crippen molar-refractivity contribution < 1.29 is 23.8 Å². The Morgan fingerprint density at radius 1 is 1.00 bits per heavy atom. The summed E-state index contributed by atoms with van der Waals surface area (Å²) in [6.07, 6.45) is 0. The normalized spacial score (nSPS) is 18.7. The third-order valence-electron chi connectivity index (χ3n) is 7.42. The van der Waals surface area contributed by atoms with Gasteiger partial charge in [-0.2, -0.15) is 0 Å². The molecule has 1 fully saturated rings. The summed E-state index contributed by atoms with van der Waals surface area (Å²) < 4.78 is 18.8. The van der Waals surface area contributed by atoms with Crippen molar-refractivity contribution in [3.8, 4) is 5.75 Å². The van der Waals surface area contributed by atoms with Crippen LogP contribution in [-0.4, -0.2) is 77.1 Å². The summed E-state index contributed by atoms with van der Waals surface area (Å²) in [7, 11) is 1.58. The molecule has 3 aromatic rings. The standard InChI is InChI=1S/C32H38FN3O4/c1-5-40-30(38)21-34(4)32(39)27-12-7-10-25(16-27)31(26-11-8-14-29(37)17-26)36-19-22(2)35(18-23(36)3)20-24-9-6-13-28(33)15-24/h6-17,22-23,31,37H,5,18-21H2,1-4H3/t22-,23+,31?/m1/s1. The Bertz CT molecular complexity index is 1330. The van der Waals surface area contributed by atoms with Crippen LogP contribution in [0.2, 0.25) is 0 Å². The molecule has 1 aliphatic heterocycles. The fourth-order valence-electron chi connectivity index (χ4n) is 5.48. The van der Waals surface area contributed by atoms with Gasteiger partial charge in [-0.1, -0.05) is 36.4 Å². The number of esters is 1. The van der Waals surface area contributed by atoms with E-state index in [4.69, 9.17) is 4.74 Å². The summed E-state index contributed by atoms with van der Waals surface area (Å²) in [5.74, 6) is -0.783. The molecule has 0 spiro atoms. The third kappa shape index (κ3) is 7.06. The first kappa shape index (κ1) is 29.2. The van der Waals surface area contributed by atoms with Gasteiger partial charge in [0.1, 0.15) is 18.1 Å². The van der Waals surface area contributed by atoms with Crippen LogP contribution in [0.15, 0.2) is 72.8 Å². The van der Waals surface area contributed by atoms with Crippen LogP contribution >= 0.6 is 0 Å². The van der Waals surface area contributed by atoms with Gasteiger partial charge in [-0.15, -0.1) is 0 Å². The number of carbonyl (C=O) groups excluding carboxylic acids is 2. The summed E-state index contributed by atoms with van der Waals surface area (Å²) in [5, 5.41) is 10.3. The van der Waals surface area contributed by atoms with Crippen molar-refractivity contribution in [2.75, 3.05) is 33.3 Å². The molecule has 0 radical (unpaired) electrons. The van der Waals surface area contributed by atoms with E-state index in [1.165, 1.54) is 11.0 Å². The summed E-state index contributed by atoms with van der Waals surface area (Å²) in [6.45, 7) is 8.36. The number of phenols is 1. The molecule has 1 saturated heterocycles. The van der Waals surface area contributed by atoms with Crippen LogP contribution < -0.4 is 0 Å². The second kappa shape index (κ2) is 13.1. The summed E-state index contributed by atoms with van der Waals surface area (Å²) in [6, 6.07) is 21.5. The van der Waals surface area contributed by atoms with Gasteiger partial charge < -0.3 is 14.7 Å². The lowest BCUT2D eigenvalue weighted by atomic mass is 9.92. The van der Waals surface area contributed by atoms with E-state index in [0.29, 0.717) is 12.1 Å². The fraction of sp³-hybridized carbons (Fsp3) is 0.375. The number of aromatic hydroxyl groups is 1. The van der Waals surface area contributed by atoms with Crippen molar-refractivity contribution >= 4 is 11.9 Å². The molecule has 0 saturated carbocycles. The van der Waals surface area contributed by atoms with Gasteiger partial charge in [-0.05, 0) is 73.9 Å². The largest absolute Gasteiger partial charge is 0.508 e. The van der Waals surface area contributed by atoms with Crippen LogP contribution in [0.1, 0.15) is 53.9 Å². The molecule has 1 aliphatic rings. The average molecular weight is 548 g/mol. The minimum Gasteiger partial charge on any atom is -0.508 e. The van der Waals surface area contributed by atoms with Crippen molar-refractivity contribution in [1.29, 1.82) is 0 Å². The number of hydrogen-bond acceptors (Lipinski definition) is 6. The number of hydrogen-bond donors (Lipinski definition) is 1. The number of phenolic OH excluding ortho intramolecular Hbond substituents is 1. The van der Waals surface area contributed by atoms with Gasteiger partial charge in [0.2, 0.25) is 0 Å². The van der Waals surface area contributed by atoms with Crippen molar-refractivity contribution in [2.24, 2.45) is 0 Å². The van der Waals surface area contributed by atoms with Crippen LogP contribution in [-0.2, 0) is 16.1 Å². The van der Waals surface area contributed by atoms with Crippen LogP contribution in [0.4, 0.5) is 4.39 Å². The molecular formula is C32H38FN3O4. The molecule has 212 valence electrons. The molecule has 4 rings (SSSR count). The van der Waals surface area contributed by atoms with Gasteiger partial charge >= 0.3 is 5.97 Å². The number of carbonyl (C=O) groups is 2. The number of ether oxygens (including phenoxy) is 1. The predicted molar refractivity (Wildman–Crippen MR) is 152 cm³/mol. The first-order valence-corrected chi connectivity index (χ1v) is 13.7. The van der Waals surface area contributed by atoms with Crippen LogP contribution in [0.5, 0.6) is 5.75 Å². The molecule has 1 heterocycles. The molecule has 3 aromatic carbocycles.